The molecule has 9 nitrogen and oxygen atoms in total. The molecule has 2 amide bonds. The molecular formula is C20H22N2O7. The van der Waals surface area contributed by atoms with Crippen LogP contribution in [-0.4, -0.2) is 49.3 Å². The van der Waals surface area contributed by atoms with Gasteiger partial charge in [-0.25, -0.2) is 19.2 Å². The Morgan fingerprint density at radius 3 is 2.66 bits per heavy atom. The SMILES string of the molecule is CCOC(=O)C1=C(COC(=O)C2Cc3ccccc3C(=O)O2)NC(=O)NC1CC. The van der Waals surface area contributed by atoms with E-state index in [1.54, 1.807) is 38.1 Å². The number of nitrogens with one attached hydrogen (secondary N) is 2. The van der Waals surface area contributed by atoms with Gasteiger partial charge < -0.3 is 24.8 Å². The van der Waals surface area contributed by atoms with Gasteiger partial charge in [0.2, 0.25) is 6.10 Å². The number of cyclic esters (lactones) is 1. The molecule has 0 aliphatic carbocycles. The topological polar surface area (TPSA) is 120 Å². The Bertz CT molecular complexity index is 877. The normalized spacial score (nSPS) is 20.8. The van der Waals surface area contributed by atoms with E-state index < -0.39 is 36.1 Å². The number of amides is 2. The minimum Gasteiger partial charge on any atom is -0.463 e. The summed E-state index contributed by atoms with van der Waals surface area (Å²) in [4.78, 5) is 48.8. The Balaban J connectivity index is 1.74. The van der Waals surface area contributed by atoms with Gasteiger partial charge in [-0.15, -0.1) is 0 Å². The van der Waals surface area contributed by atoms with Gasteiger partial charge in [0.25, 0.3) is 0 Å². The fourth-order valence-electron chi connectivity index (χ4n) is 3.27. The lowest BCUT2D eigenvalue weighted by Crippen LogP contribution is -2.51. The number of benzene rings is 1. The molecule has 0 saturated carbocycles. The second-order valence-corrected chi connectivity index (χ2v) is 6.53. The van der Waals surface area contributed by atoms with Crippen LogP contribution >= 0.6 is 0 Å². The zero-order valence-corrected chi connectivity index (χ0v) is 16.2. The van der Waals surface area contributed by atoms with Gasteiger partial charge >= 0.3 is 23.9 Å². The van der Waals surface area contributed by atoms with Crippen molar-refractivity contribution in [1.29, 1.82) is 0 Å². The maximum atomic E-state index is 12.5. The molecule has 2 atom stereocenters. The third-order valence-electron chi connectivity index (χ3n) is 4.66. The van der Waals surface area contributed by atoms with Gasteiger partial charge in [-0.05, 0) is 25.0 Å². The van der Waals surface area contributed by atoms with Crippen LogP contribution in [0.4, 0.5) is 4.79 Å². The highest BCUT2D eigenvalue weighted by atomic mass is 16.6. The fraction of sp³-hybridized carbons (Fsp3) is 0.400. The highest BCUT2D eigenvalue weighted by Crippen LogP contribution is 2.22. The molecule has 29 heavy (non-hydrogen) atoms. The summed E-state index contributed by atoms with van der Waals surface area (Å²) >= 11 is 0. The molecule has 2 unspecified atom stereocenters. The van der Waals surface area contributed by atoms with E-state index in [0.717, 1.165) is 0 Å². The summed E-state index contributed by atoms with van der Waals surface area (Å²) < 4.78 is 15.5. The van der Waals surface area contributed by atoms with Crippen LogP contribution in [0.25, 0.3) is 0 Å². The van der Waals surface area contributed by atoms with E-state index in [2.05, 4.69) is 10.6 Å². The quantitative estimate of drug-likeness (QED) is 0.542. The Hall–Kier alpha value is -3.36. The summed E-state index contributed by atoms with van der Waals surface area (Å²) in [5.41, 5.74) is 1.46. The van der Waals surface area contributed by atoms with Crippen LogP contribution < -0.4 is 10.6 Å². The van der Waals surface area contributed by atoms with Crippen LogP contribution in [0.1, 0.15) is 36.2 Å². The molecule has 0 bridgehead atoms. The van der Waals surface area contributed by atoms with Crippen molar-refractivity contribution in [3.05, 3.63) is 46.7 Å². The number of rotatable bonds is 6. The Morgan fingerprint density at radius 2 is 1.93 bits per heavy atom. The van der Waals surface area contributed by atoms with Crippen molar-refractivity contribution in [2.45, 2.75) is 38.8 Å². The average molecular weight is 402 g/mol. The first-order chi connectivity index (χ1) is 13.9. The second-order valence-electron chi connectivity index (χ2n) is 6.53. The second kappa shape index (κ2) is 8.76. The zero-order valence-electron chi connectivity index (χ0n) is 16.2. The standard InChI is InChI=1S/C20H22N2O7/c1-3-13-16(19(25)27-4-2)14(22-20(26)21-13)10-28-18(24)15-9-11-7-5-6-8-12(11)17(23)29-15/h5-8,13,15H,3-4,9-10H2,1-2H3,(H2,21,22,26). The maximum absolute atomic E-state index is 12.5. The van der Waals surface area contributed by atoms with Crippen LogP contribution in [0.15, 0.2) is 35.5 Å². The molecular weight excluding hydrogens is 380 g/mol. The molecule has 1 aromatic carbocycles. The van der Waals surface area contributed by atoms with Crippen LogP contribution in [0.3, 0.4) is 0 Å². The van der Waals surface area contributed by atoms with Gasteiger partial charge in [0.05, 0.1) is 29.5 Å². The van der Waals surface area contributed by atoms with Crippen molar-refractivity contribution in [3.8, 4) is 0 Å². The number of ether oxygens (including phenoxy) is 3. The maximum Gasteiger partial charge on any atom is 0.348 e. The first-order valence-corrected chi connectivity index (χ1v) is 9.37. The molecule has 0 saturated heterocycles. The third-order valence-corrected chi connectivity index (χ3v) is 4.66. The zero-order chi connectivity index (χ0) is 21.0. The van der Waals surface area contributed by atoms with Crippen molar-refractivity contribution in [1.82, 2.24) is 10.6 Å². The smallest absolute Gasteiger partial charge is 0.348 e. The molecule has 2 aliphatic rings. The van der Waals surface area contributed by atoms with Crippen molar-refractivity contribution in [2.24, 2.45) is 0 Å². The lowest BCUT2D eigenvalue weighted by Gasteiger charge is -2.28. The molecule has 0 fully saturated rings. The molecule has 1 aromatic rings. The van der Waals surface area contributed by atoms with E-state index in [1.165, 1.54) is 0 Å². The summed E-state index contributed by atoms with van der Waals surface area (Å²) in [7, 11) is 0. The van der Waals surface area contributed by atoms with E-state index in [-0.39, 0.29) is 30.9 Å². The van der Waals surface area contributed by atoms with Crippen molar-refractivity contribution in [2.75, 3.05) is 13.2 Å². The lowest BCUT2D eigenvalue weighted by molar-refractivity contribution is -0.153. The summed E-state index contributed by atoms with van der Waals surface area (Å²) in [5, 5.41) is 5.13. The van der Waals surface area contributed by atoms with Gasteiger partial charge in [-0.3, -0.25) is 0 Å². The summed E-state index contributed by atoms with van der Waals surface area (Å²) in [6.45, 7) is 3.28. The molecule has 2 heterocycles. The molecule has 2 aliphatic heterocycles. The van der Waals surface area contributed by atoms with Crippen molar-refractivity contribution in [3.63, 3.8) is 0 Å². The first kappa shape index (κ1) is 20.4. The number of urea groups is 1. The van der Waals surface area contributed by atoms with Crippen molar-refractivity contribution >= 4 is 23.9 Å². The summed E-state index contributed by atoms with van der Waals surface area (Å²) in [6, 6.07) is 5.80. The predicted octanol–water partition coefficient (Wildman–Crippen LogP) is 1.22. The van der Waals surface area contributed by atoms with Gasteiger partial charge in [0, 0.05) is 6.42 Å². The Labute approximate surface area is 167 Å². The third kappa shape index (κ3) is 4.39. The van der Waals surface area contributed by atoms with E-state index in [4.69, 9.17) is 14.2 Å². The Morgan fingerprint density at radius 1 is 1.17 bits per heavy atom. The monoisotopic (exact) mass is 402 g/mol. The number of hydrogen-bond acceptors (Lipinski definition) is 7. The predicted molar refractivity (Wildman–Crippen MR) is 99.7 cm³/mol. The highest BCUT2D eigenvalue weighted by Gasteiger charge is 2.35. The van der Waals surface area contributed by atoms with Gasteiger partial charge in [-0.2, -0.15) is 0 Å². The molecule has 2 N–H and O–H groups in total. The fourth-order valence-corrected chi connectivity index (χ4v) is 3.27. The van der Waals surface area contributed by atoms with Crippen molar-refractivity contribution < 1.29 is 33.4 Å². The number of esters is 3. The molecule has 0 aromatic heterocycles. The molecule has 154 valence electrons. The van der Waals surface area contributed by atoms with E-state index in [1.807, 2.05) is 0 Å². The van der Waals surface area contributed by atoms with Crippen LogP contribution in [0.5, 0.6) is 0 Å². The summed E-state index contributed by atoms with van der Waals surface area (Å²) in [5.74, 6) is -1.96. The number of fused-ring (bicyclic) bond motifs is 1. The minimum atomic E-state index is -1.09. The first-order valence-electron chi connectivity index (χ1n) is 9.37. The van der Waals surface area contributed by atoms with Gasteiger partial charge in [-0.1, -0.05) is 25.1 Å². The van der Waals surface area contributed by atoms with Crippen LogP contribution in [0.2, 0.25) is 0 Å². The molecule has 9 heteroatoms. The molecule has 0 spiro atoms. The highest BCUT2D eigenvalue weighted by molar-refractivity contribution is 5.96. The molecule has 3 rings (SSSR count). The summed E-state index contributed by atoms with van der Waals surface area (Å²) in [6.07, 6.45) is -0.449. The number of carbonyl (C=O) groups is 4. The number of carbonyl (C=O) groups excluding carboxylic acids is 4. The van der Waals surface area contributed by atoms with Gasteiger partial charge in [0.15, 0.2) is 0 Å². The van der Waals surface area contributed by atoms with E-state index >= 15 is 0 Å². The van der Waals surface area contributed by atoms with E-state index in [0.29, 0.717) is 17.5 Å². The number of hydrogen-bond donors (Lipinski definition) is 2. The average Bonchev–Trinajstić information content (AvgIpc) is 2.71. The Kier molecular flexibility index (Phi) is 6.16. The molecule has 0 radical (unpaired) electrons. The van der Waals surface area contributed by atoms with Crippen LogP contribution in [-0.2, 0) is 30.2 Å². The lowest BCUT2D eigenvalue weighted by atomic mass is 9.98. The van der Waals surface area contributed by atoms with Crippen LogP contribution in [0, 0.1) is 0 Å². The van der Waals surface area contributed by atoms with E-state index in [9.17, 15) is 19.2 Å². The van der Waals surface area contributed by atoms with Gasteiger partial charge in [0.1, 0.15) is 6.61 Å². The minimum absolute atomic E-state index is 0.148. The largest absolute Gasteiger partial charge is 0.463 e.